The van der Waals surface area contributed by atoms with Crippen LogP contribution in [0.1, 0.15) is 25.7 Å². The first-order valence-electron chi connectivity index (χ1n) is 6.53. The van der Waals surface area contributed by atoms with E-state index in [-0.39, 0.29) is 12.3 Å². The van der Waals surface area contributed by atoms with Crippen molar-refractivity contribution in [2.75, 3.05) is 14.2 Å². The van der Waals surface area contributed by atoms with Crippen LogP contribution < -0.4 is 0 Å². The minimum absolute atomic E-state index is 0.102. The molecule has 1 heterocycles. The lowest BCUT2D eigenvalue weighted by atomic mass is 10.1. The van der Waals surface area contributed by atoms with Crippen molar-refractivity contribution in [1.82, 2.24) is 4.90 Å². The van der Waals surface area contributed by atoms with E-state index >= 15 is 0 Å². The van der Waals surface area contributed by atoms with E-state index in [1.165, 1.54) is 0 Å². The van der Waals surface area contributed by atoms with Crippen LogP contribution >= 0.6 is 0 Å². The van der Waals surface area contributed by atoms with Gasteiger partial charge in [0.2, 0.25) is 5.91 Å². The van der Waals surface area contributed by atoms with Crippen molar-refractivity contribution in [3.8, 4) is 0 Å². The third-order valence-electron chi connectivity index (χ3n) is 3.64. The zero-order chi connectivity index (χ0) is 13.4. The van der Waals surface area contributed by atoms with E-state index in [0.29, 0.717) is 18.3 Å². The Labute approximate surface area is 112 Å². The van der Waals surface area contributed by atoms with Gasteiger partial charge in [-0.2, -0.15) is 0 Å². The monoisotopic (exact) mass is 259 g/mol. The maximum absolute atomic E-state index is 12.0. The Morgan fingerprint density at radius 1 is 1.42 bits per heavy atom. The number of hydrogen-bond donors (Lipinski definition) is 0. The van der Waals surface area contributed by atoms with Crippen LogP contribution in [0.15, 0.2) is 33.6 Å². The number of methoxy groups -OCH3 is 1. The van der Waals surface area contributed by atoms with Crippen LogP contribution in [0.3, 0.4) is 0 Å². The van der Waals surface area contributed by atoms with Gasteiger partial charge >= 0.3 is 0 Å². The number of ether oxygens (including phenoxy) is 1. The molecule has 0 aromatic carbocycles. The lowest BCUT2D eigenvalue weighted by molar-refractivity contribution is -0.129. The van der Waals surface area contributed by atoms with Crippen molar-refractivity contribution in [1.29, 1.82) is 0 Å². The average Bonchev–Trinajstić information content (AvgIpc) is 3.18. The molecule has 0 bridgehead atoms. The van der Waals surface area contributed by atoms with E-state index in [4.69, 9.17) is 4.74 Å². The fourth-order valence-electron chi connectivity index (χ4n) is 2.25. The first-order valence-corrected chi connectivity index (χ1v) is 6.53. The molecule has 0 atom stereocenters. The van der Waals surface area contributed by atoms with Crippen LogP contribution in [0.4, 0.5) is 0 Å². The predicted molar refractivity (Wildman–Crippen MR) is 73.1 cm³/mol. The lowest BCUT2D eigenvalue weighted by Crippen LogP contribution is -2.29. The van der Waals surface area contributed by atoms with Gasteiger partial charge in [-0.15, -0.1) is 0 Å². The molecule has 0 radical (unpaired) electrons. The highest BCUT2D eigenvalue weighted by Gasteiger charge is 2.30. The molecule has 1 amide bonds. The van der Waals surface area contributed by atoms with Crippen LogP contribution in [-0.4, -0.2) is 42.6 Å². The fraction of sp³-hybridized carbons (Fsp3) is 0.500. The van der Waals surface area contributed by atoms with E-state index in [0.717, 1.165) is 30.0 Å². The molecule has 0 unspecified atom stereocenters. The third kappa shape index (κ3) is 2.45. The number of fused-ring (bicyclic) bond motifs is 1. The molecule has 0 spiro atoms. The second kappa shape index (κ2) is 4.64. The Hall–Kier alpha value is -1.91. The Balaban J connectivity index is 1.66. The van der Waals surface area contributed by atoms with Crippen LogP contribution in [0.25, 0.3) is 0 Å². The topological polar surface area (TPSA) is 54.3 Å². The first-order chi connectivity index (χ1) is 9.17. The molecule has 0 aromatic heterocycles. The lowest BCUT2D eigenvalue weighted by Gasteiger charge is -2.15. The highest BCUT2D eigenvalue weighted by atomic mass is 16.5. The quantitative estimate of drug-likeness (QED) is 0.771. The number of allylic oxidation sites excluding steroid dienone is 4. The molecule has 19 heavy (non-hydrogen) atoms. The van der Waals surface area contributed by atoms with Crippen molar-refractivity contribution in [2.45, 2.75) is 31.7 Å². The van der Waals surface area contributed by atoms with E-state index in [1.54, 1.807) is 7.11 Å². The Bertz CT molecular complexity index is 539. The summed E-state index contributed by atoms with van der Waals surface area (Å²) in [5, 5.41) is 0. The molecule has 1 fully saturated rings. The molecule has 5 heteroatoms. The standard InChI is InChI=1S/C14H17N3O2/c1-17(9-3-4-9)14(18)8-13-15-11-6-5-10(19-2)7-12(11)16-13/h5-6,9H,3-4,7-8H2,1-2H3. The van der Waals surface area contributed by atoms with Crippen LogP contribution in [0, 0.1) is 0 Å². The van der Waals surface area contributed by atoms with Crippen LogP contribution in [0.5, 0.6) is 0 Å². The van der Waals surface area contributed by atoms with E-state index in [9.17, 15) is 4.79 Å². The molecule has 0 N–H and O–H groups in total. The number of rotatable bonds is 4. The second-order valence-corrected chi connectivity index (χ2v) is 5.06. The van der Waals surface area contributed by atoms with Gasteiger partial charge < -0.3 is 9.64 Å². The highest BCUT2D eigenvalue weighted by Crippen LogP contribution is 2.27. The summed E-state index contributed by atoms with van der Waals surface area (Å²) in [6.45, 7) is 0. The Morgan fingerprint density at radius 2 is 2.21 bits per heavy atom. The summed E-state index contributed by atoms with van der Waals surface area (Å²) in [4.78, 5) is 22.7. The van der Waals surface area contributed by atoms with Gasteiger partial charge in [0, 0.05) is 19.5 Å². The minimum Gasteiger partial charge on any atom is -0.501 e. The van der Waals surface area contributed by atoms with E-state index < -0.39 is 0 Å². The summed E-state index contributed by atoms with van der Waals surface area (Å²) in [6.07, 6.45) is 6.98. The molecule has 3 rings (SSSR count). The normalized spacial score (nSPS) is 20.9. The maximum atomic E-state index is 12.0. The van der Waals surface area contributed by atoms with Crippen molar-refractivity contribution in [3.63, 3.8) is 0 Å². The summed E-state index contributed by atoms with van der Waals surface area (Å²) < 4.78 is 5.20. The molecule has 0 saturated heterocycles. The molecular weight excluding hydrogens is 242 g/mol. The first kappa shape index (κ1) is 12.1. The largest absolute Gasteiger partial charge is 0.501 e. The average molecular weight is 259 g/mol. The van der Waals surface area contributed by atoms with Crippen molar-refractivity contribution in [3.05, 3.63) is 23.6 Å². The van der Waals surface area contributed by atoms with Gasteiger partial charge in [-0.3, -0.25) is 4.79 Å². The van der Waals surface area contributed by atoms with Gasteiger partial charge in [0.1, 0.15) is 11.6 Å². The highest BCUT2D eigenvalue weighted by molar-refractivity contribution is 6.17. The number of amides is 1. The molecule has 3 aliphatic rings. The molecule has 2 aliphatic carbocycles. The fourth-order valence-corrected chi connectivity index (χ4v) is 2.25. The van der Waals surface area contributed by atoms with Crippen molar-refractivity contribution >= 4 is 17.5 Å². The maximum Gasteiger partial charge on any atom is 0.230 e. The number of hydrogen-bond acceptors (Lipinski definition) is 4. The summed E-state index contributed by atoms with van der Waals surface area (Å²) >= 11 is 0. The second-order valence-electron chi connectivity index (χ2n) is 5.06. The number of amidine groups is 1. The SMILES string of the molecule is COC1=CC=C2N=C(CC(=O)N(C)C3CC3)N=C2C1. The number of carbonyl (C=O) groups is 1. The zero-order valence-electron chi connectivity index (χ0n) is 11.2. The molecular formula is C14H17N3O2. The summed E-state index contributed by atoms with van der Waals surface area (Å²) in [6, 6.07) is 0.436. The minimum atomic E-state index is 0.102. The van der Waals surface area contributed by atoms with Crippen LogP contribution in [0.2, 0.25) is 0 Å². The van der Waals surface area contributed by atoms with Gasteiger partial charge in [0.15, 0.2) is 0 Å². The van der Waals surface area contributed by atoms with E-state index in [2.05, 4.69) is 9.98 Å². The molecule has 5 nitrogen and oxygen atoms in total. The number of nitrogens with zero attached hydrogens (tertiary/aromatic N) is 3. The number of aliphatic imine (C=N–C) groups is 2. The molecule has 1 saturated carbocycles. The summed E-state index contributed by atoms with van der Waals surface area (Å²) in [5.41, 5.74) is 1.76. The smallest absolute Gasteiger partial charge is 0.230 e. The molecule has 100 valence electrons. The summed E-state index contributed by atoms with van der Waals surface area (Å²) in [7, 11) is 3.51. The zero-order valence-corrected chi connectivity index (χ0v) is 11.2. The Morgan fingerprint density at radius 3 is 2.89 bits per heavy atom. The van der Waals surface area contributed by atoms with Gasteiger partial charge in [-0.05, 0) is 25.0 Å². The van der Waals surface area contributed by atoms with Gasteiger partial charge in [0.25, 0.3) is 0 Å². The van der Waals surface area contributed by atoms with Crippen molar-refractivity contribution in [2.24, 2.45) is 9.98 Å². The van der Waals surface area contributed by atoms with Gasteiger partial charge in [-0.1, -0.05) is 0 Å². The van der Waals surface area contributed by atoms with E-state index in [1.807, 2.05) is 24.1 Å². The van der Waals surface area contributed by atoms with Crippen molar-refractivity contribution < 1.29 is 9.53 Å². The van der Waals surface area contributed by atoms with Gasteiger partial charge in [-0.25, -0.2) is 9.98 Å². The Kier molecular flexibility index (Phi) is 2.97. The van der Waals surface area contributed by atoms with Gasteiger partial charge in [0.05, 0.1) is 24.9 Å². The molecule has 1 aliphatic heterocycles. The van der Waals surface area contributed by atoms with Crippen LogP contribution in [-0.2, 0) is 9.53 Å². The number of carbonyl (C=O) groups excluding carboxylic acids is 1. The third-order valence-corrected chi connectivity index (χ3v) is 3.64. The summed E-state index contributed by atoms with van der Waals surface area (Å²) in [5.74, 6) is 1.59. The predicted octanol–water partition coefficient (Wildman–Crippen LogP) is 1.67. The molecule has 0 aromatic rings.